The van der Waals surface area contributed by atoms with E-state index in [0.29, 0.717) is 17.7 Å². The Bertz CT molecular complexity index is 395. The van der Waals surface area contributed by atoms with Gasteiger partial charge in [0.2, 0.25) is 0 Å². The van der Waals surface area contributed by atoms with Crippen molar-refractivity contribution in [1.29, 1.82) is 0 Å². The molecule has 2 rings (SSSR count). The van der Waals surface area contributed by atoms with Crippen molar-refractivity contribution >= 4 is 0 Å². The first kappa shape index (κ1) is 13.4. The number of aromatic nitrogens is 3. The van der Waals surface area contributed by atoms with E-state index < -0.39 is 6.55 Å². The summed E-state index contributed by atoms with van der Waals surface area (Å²) in [5, 5.41) is 3.78. The number of likely N-dealkylation sites (tertiary alicyclic amines) is 1. The van der Waals surface area contributed by atoms with E-state index in [9.17, 15) is 8.78 Å². The van der Waals surface area contributed by atoms with Crippen LogP contribution in [0.1, 0.15) is 50.8 Å². The summed E-state index contributed by atoms with van der Waals surface area (Å²) in [6, 6.07) is 0.514. The van der Waals surface area contributed by atoms with E-state index in [1.165, 1.54) is 0 Å². The minimum Gasteiger partial charge on any atom is -0.301 e. The fourth-order valence-electron chi connectivity index (χ4n) is 2.54. The molecule has 0 bridgehead atoms. The molecule has 4 nitrogen and oxygen atoms in total. The number of nitrogens with zero attached hydrogens (tertiary/aromatic N) is 4. The van der Waals surface area contributed by atoms with Gasteiger partial charge in [-0.05, 0) is 46.7 Å². The van der Waals surface area contributed by atoms with Crippen molar-refractivity contribution in [3.8, 4) is 0 Å². The molecule has 1 fully saturated rings. The maximum absolute atomic E-state index is 12.9. The molecular formula is C12H20F2N4. The number of piperidine rings is 1. The van der Waals surface area contributed by atoms with E-state index in [-0.39, 0.29) is 5.92 Å². The summed E-state index contributed by atoms with van der Waals surface area (Å²) in [6.07, 6.45) is 1.76. The lowest BCUT2D eigenvalue weighted by molar-refractivity contribution is 0.0490. The molecule has 0 aliphatic carbocycles. The molecule has 102 valence electrons. The summed E-state index contributed by atoms with van der Waals surface area (Å²) in [4.78, 5) is 6.55. The van der Waals surface area contributed by atoms with Gasteiger partial charge < -0.3 is 4.90 Å². The summed E-state index contributed by atoms with van der Waals surface area (Å²) in [5.74, 6) is 0.984. The van der Waals surface area contributed by atoms with Crippen molar-refractivity contribution in [2.75, 3.05) is 13.1 Å². The predicted molar refractivity (Wildman–Crippen MR) is 64.7 cm³/mol. The summed E-state index contributed by atoms with van der Waals surface area (Å²) in [7, 11) is 0. The van der Waals surface area contributed by atoms with E-state index >= 15 is 0 Å². The summed E-state index contributed by atoms with van der Waals surface area (Å²) in [6.45, 7) is 5.27. The third-order valence-corrected chi connectivity index (χ3v) is 3.57. The van der Waals surface area contributed by atoms with Gasteiger partial charge in [0.25, 0.3) is 0 Å². The Balaban J connectivity index is 2.09. The molecule has 18 heavy (non-hydrogen) atoms. The number of rotatable bonds is 3. The number of hydrogen-bond donors (Lipinski definition) is 0. The van der Waals surface area contributed by atoms with Crippen LogP contribution in [-0.4, -0.2) is 38.8 Å². The topological polar surface area (TPSA) is 34.0 Å². The van der Waals surface area contributed by atoms with E-state index in [0.717, 1.165) is 30.6 Å². The maximum Gasteiger partial charge on any atom is 0.334 e. The number of alkyl halides is 2. The Morgan fingerprint density at radius 3 is 2.33 bits per heavy atom. The molecule has 0 unspecified atom stereocenters. The zero-order chi connectivity index (χ0) is 13.3. The average molecular weight is 258 g/mol. The van der Waals surface area contributed by atoms with Crippen molar-refractivity contribution in [3.05, 3.63) is 11.6 Å². The van der Waals surface area contributed by atoms with Crippen LogP contribution in [0, 0.1) is 6.92 Å². The third kappa shape index (κ3) is 2.68. The lowest BCUT2D eigenvalue weighted by atomic mass is 9.95. The lowest BCUT2D eigenvalue weighted by Gasteiger charge is -2.34. The molecule has 6 heteroatoms. The van der Waals surface area contributed by atoms with Gasteiger partial charge in [-0.2, -0.15) is 18.6 Å². The standard InChI is InChI=1S/C12H20F2N4/c1-8(2)17-6-4-10(5-7-17)11-15-9(3)16-18(11)12(13)14/h8,10,12H,4-7H2,1-3H3. The molecule has 1 aromatic heterocycles. The Morgan fingerprint density at radius 1 is 1.22 bits per heavy atom. The molecule has 0 N–H and O–H groups in total. The molecule has 0 atom stereocenters. The third-order valence-electron chi connectivity index (χ3n) is 3.57. The van der Waals surface area contributed by atoms with Gasteiger partial charge in [0.05, 0.1) is 0 Å². The van der Waals surface area contributed by atoms with Crippen molar-refractivity contribution in [3.63, 3.8) is 0 Å². The highest BCUT2D eigenvalue weighted by Gasteiger charge is 2.28. The van der Waals surface area contributed by atoms with Gasteiger partial charge in [-0.25, -0.2) is 4.98 Å². The molecule has 1 aliphatic rings. The SMILES string of the molecule is Cc1nc(C2CCN(C(C)C)CC2)n(C(F)F)n1. The second-order valence-electron chi connectivity index (χ2n) is 5.14. The van der Waals surface area contributed by atoms with Crippen LogP contribution in [0.5, 0.6) is 0 Å². The predicted octanol–water partition coefficient (Wildman–Crippen LogP) is 2.57. The maximum atomic E-state index is 12.9. The Kier molecular flexibility index (Phi) is 3.94. The molecule has 0 amide bonds. The molecular weight excluding hydrogens is 238 g/mol. The van der Waals surface area contributed by atoms with Gasteiger partial charge in [0, 0.05) is 12.0 Å². The van der Waals surface area contributed by atoms with Gasteiger partial charge in [0.1, 0.15) is 11.6 Å². The minimum absolute atomic E-state index is 0.107. The molecule has 1 saturated heterocycles. The fourth-order valence-corrected chi connectivity index (χ4v) is 2.54. The second kappa shape index (κ2) is 5.30. The largest absolute Gasteiger partial charge is 0.334 e. The highest BCUT2D eigenvalue weighted by Crippen LogP contribution is 2.29. The van der Waals surface area contributed by atoms with Crippen LogP contribution in [0.3, 0.4) is 0 Å². The van der Waals surface area contributed by atoms with E-state index in [2.05, 4.69) is 28.8 Å². The molecule has 1 aromatic rings. The van der Waals surface area contributed by atoms with Crippen LogP contribution >= 0.6 is 0 Å². The zero-order valence-corrected chi connectivity index (χ0v) is 11.1. The first-order valence-corrected chi connectivity index (χ1v) is 6.44. The van der Waals surface area contributed by atoms with Gasteiger partial charge in [-0.3, -0.25) is 0 Å². The Labute approximate surface area is 106 Å². The number of aryl methyl sites for hydroxylation is 1. The fraction of sp³-hybridized carbons (Fsp3) is 0.833. The first-order valence-electron chi connectivity index (χ1n) is 6.44. The van der Waals surface area contributed by atoms with E-state index in [4.69, 9.17) is 0 Å². The average Bonchev–Trinajstić information content (AvgIpc) is 2.71. The molecule has 1 aliphatic heterocycles. The van der Waals surface area contributed by atoms with Gasteiger partial charge in [-0.15, -0.1) is 0 Å². The smallest absolute Gasteiger partial charge is 0.301 e. The molecule has 0 spiro atoms. The Morgan fingerprint density at radius 2 is 1.83 bits per heavy atom. The molecule has 2 heterocycles. The molecule has 0 aromatic carbocycles. The van der Waals surface area contributed by atoms with Crippen LogP contribution in [0.4, 0.5) is 8.78 Å². The zero-order valence-electron chi connectivity index (χ0n) is 11.1. The number of hydrogen-bond acceptors (Lipinski definition) is 3. The monoisotopic (exact) mass is 258 g/mol. The molecule has 0 radical (unpaired) electrons. The highest BCUT2D eigenvalue weighted by atomic mass is 19.3. The van der Waals surface area contributed by atoms with Crippen LogP contribution < -0.4 is 0 Å². The van der Waals surface area contributed by atoms with Crippen molar-refractivity contribution < 1.29 is 8.78 Å². The van der Waals surface area contributed by atoms with Gasteiger partial charge >= 0.3 is 6.55 Å². The quantitative estimate of drug-likeness (QED) is 0.835. The van der Waals surface area contributed by atoms with Crippen molar-refractivity contribution in [2.45, 2.75) is 52.1 Å². The molecule has 0 saturated carbocycles. The summed E-state index contributed by atoms with van der Waals surface area (Å²) >= 11 is 0. The summed E-state index contributed by atoms with van der Waals surface area (Å²) in [5.41, 5.74) is 0. The second-order valence-corrected chi connectivity index (χ2v) is 5.14. The van der Waals surface area contributed by atoms with E-state index in [1.54, 1.807) is 6.92 Å². The Hall–Kier alpha value is -1.04. The minimum atomic E-state index is -2.59. The van der Waals surface area contributed by atoms with Crippen molar-refractivity contribution in [1.82, 2.24) is 19.7 Å². The highest BCUT2D eigenvalue weighted by molar-refractivity contribution is 5.02. The van der Waals surface area contributed by atoms with Crippen LogP contribution in [-0.2, 0) is 0 Å². The van der Waals surface area contributed by atoms with Crippen LogP contribution in [0.2, 0.25) is 0 Å². The first-order chi connectivity index (χ1) is 8.49. The van der Waals surface area contributed by atoms with Crippen molar-refractivity contribution in [2.24, 2.45) is 0 Å². The van der Waals surface area contributed by atoms with Gasteiger partial charge in [-0.1, -0.05) is 0 Å². The lowest BCUT2D eigenvalue weighted by Crippen LogP contribution is -2.38. The van der Waals surface area contributed by atoms with E-state index in [1.807, 2.05) is 0 Å². The summed E-state index contributed by atoms with van der Waals surface area (Å²) < 4.78 is 26.5. The number of halogens is 2. The van der Waals surface area contributed by atoms with Crippen LogP contribution in [0.25, 0.3) is 0 Å². The van der Waals surface area contributed by atoms with Crippen LogP contribution in [0.15, 0.2) is 0 Å². The van der Waals surface area contributed by atoms with Gasteiger partial charge in [0.15, 0.2) is 0 Å². The normalized spacial score (nSPS) is 19.1.